The molecule has 9 aromatic carbocycles. The number of hydrogen-bond acceptors (Lipinski definition) is 4. The van der Waals surface area contributed by atoms with Crippen molar-refractivity contribution >= 4 is 32.6 Å². The first-order valence-corrected chi connectivity index (χ1v) is 21.1. The molecule has 13 rings (SSSR count). The van der Waals surface area contributed by atoms with Gasteiger partial charge in [-0.25, -0.2) is 15.0 Å². The molecule has 2 aromatic heterocycles. The first-order valence-electron chi connectivity index (χ1n) is 21.1. The summed E-state index contributed by atoms with van der Waals surface area (Å²) in [5.74, 6) is 2.50. The Hall–Kier alpha value is -8.21. The zero-order valence-corrected chi connectivity index (χ0v) is 33.5. The lowest BCUT2D eigenvalue weighted by molar-refractivity contribution is 0.436. The van der Waals surface area contributed by atoms with E-state index in [2.05, 4.69) is 188 Å². The molecule has 3 heterocycles. The van der Waals surface area contributed by atoms with Gasteiger partial charge in [0, 0.05) is 44.0 Å². The minimum atomic E-state index is -0.552. The van der Waals surface area contributed by atoms with E-state index in [1.54, 1.807) is 0 Å². The normalized spacial score (nSPS) is 13.1. The molecular weight excluding hydrogens is 755 g/mol. The van der Waals surface area contributed by atoms with E-state index in [-0.39, 0.29) is 0 Å². The van der Waals surface area contributed by atoms with Crippen molar-refractivity contribution in [2.45, 2.75) is 5.41 Å². The second kappa shape index (κ2) is 13.4. The highest BCUT2D eigenvalue weighted by Gasteiger charge is 2.51. The molecule has 0 amide bonds. The van der Waals surface area contributed by atoms with E-state index in [0.29, 0.717) is 0 Å². The van der Waals surface area contributed by atoms with Crippen LogP contribution in [0.1, 0.15) is 22.3 Å². The molecule has 0 saturated carbocycles. The fraction of sp³-hybridized carbons (Fsp3) is 0.0172. The Labute approximate surface area is 358 Å². The smallest absolute Gasteiger partial charge is 0.160 e. The van der Waals surface area contributed by atoms with Gasteiger partial charge in [-0.3, -0.25) is 0 Å². The van der Waals surface area contributed by atoms with Crippen molar-refractivity contribution in [1.29, 1.82) is 0 Å². The maximum atomic E-state index is 6.63. The summed E-state index contributed by atoms with van der Waals surface area (Å²) in [5, 5.41) is 4.47. The molecule has 0 radical (unpaired) electrons. The Bertz CT molecular complexity index is 3570. The molecule has 288 valence electrons. The van der Waals surface area contributed by atoms with Gasteiger partial charge in [0.15, 0.2) is 5.82 Å². The van der Waals surface area contributed by atoms with Crippen LogP contribution >= 0.6 is 0 Å². The van der Waals surface area contributed by atoms with E-state index in [1.807, 2.05) is 24.3 Å². The van der Waals surface area contributed by atoms with Gasteiger partial charge in [-0.15, -0.1) is 0 Å². The monoisotopic (exact) mass is 789 g/mol. The molecule has 0 unspecified atom stereocenters. The van der Waals surface area contributed by atoms with E-state index in [0.717, 1.165) is 94.8 Å². The molecule has 2 aliphatic rings. The number of benzene rings is 9. The summed E-state index contributed by atoms with van der Waals surface area (Å²) < 4.78 is 6.63. The average Bonchev–Trinajstić information content (AvgIpc) is 3.62. The van der Waals surface area contributed by atoms with Crippen LogP contribution in [0.5, 0.6) is 11.5 Å². The molecular formula is C58H35N3O. The third-order valence-electron chi connectivity index (χ3n) is 12.9. The Balaban J connectivity index is 0.979. The molecule has 62 heavy (non-hydrogen) atoms. The van der Waals surface area contributed by atoms with Crippen molar-refractivity contribution in [3.8, 4) is 67.7 Å². The quantitative estimate of drug-likeness (QED) is 0.167. The number of pyridine rings is 1. The van der Waals surface area contributed by atoms with Crippen molar-refractivity contribution in [2.75, 3.05) is 0 Å². The Morgan fingerprint density at radius 3 is 1.66 bits per heavy atom. The van der Waals surface area contributed by atoms with Crippen molar-refractivity contribution in [1.82, 2.24) is 15.0 Å². The molecule has 0 atom stereocenters. The Morgan fingerprint density at radius 2 is 0.887 bits per heavy atom. The third kappa shape index (κ3) is 5.04. The number of fused-ring (bicyclic) bond motifs is 13. The van der Waals surface area contributed by atoms with Gasteiger partial charge in [-0.1, -0.05) is 170 Å². The second-order valence-electron chi connectivity index (χ2n) is 16.2. The van der Waals surface area contributed by atoms with Crippen LogP contribution in [0.3, 0.4) is 0 Å². The predicted molar refractivity (Wildman–Crippen MR) is 251 cm³/mol. The van der Waals surface area contributed by atoms with Crippen molar-refractivity contribution in [2.24, 2.45) is 0 Å². The van der Waals surface area contributed by atoms with Crippen LogP contribution in [-0.4, -0.2) is 15.0 Å². The van der Waals surface area contributed by atoms with Gasteiger partial charge >= 0.3 is 0 Å². The molecule has 11 aromatic rings. The zero-order valence-electron chi connectivity index (χ0n) is 33.5. The number of ether oxygens (including phenoxy) is 1. The fourth-order valence-corrected chi connectivity index (χ4v) is 10.2. The van der Waals surface area contributed by atoms with E-state index in [9.17, 15) is 0 Å². The van der Waals surface area contributed by atoms with Crippen molar-refractivity contribution in [3.63, 3.8) is 0 Å². The van der Waals surface area contributed by atoms with Gasteiger partial charge in [-0.2, -0.15) is 0 Å². The minimum Gasteiger partial charge on any atom is -0.457 e. The lowest BCUT2D eigenvalue weighted by Gasteiger charge is -2.39. The van der Waals surface area contributed by atoms with Gasteiger partial charge in [0.25, 0.3) is 0 Å². The Kier molecular flexibility index (Phi) is 7.49. The van der Waals surface area contributed by atoms with Gasteiger partial charge in [0.2, 0.25) is 0 Å². The largest absolute Gasteiger partial charge is 0.457 e. The van der Waals surface area contributed by atoms with Gasteiger partial charge < -0.3 is 4.74 Å². The SMILES string of the molecule is c1ccc(-c2nc(-c3ccc(-c4cccc(-c5nc6ccccc6c6cc7c(cc56)-c5ccccc5C75c6ccccc6Oc6ccccc65)c4)cc3)c3ccccc3n2)cc1. The van der Waals surface area contributed by atoms with Crippen molar-refractivity contribution in [3.05, 3.63) is 235 Å². The molecule has 0 N–H and O–H groups in total. The van der Waals surface area contributed by atoms with Crippen LogP contribution in [0.15, 0.2) is 212 Å². The second-order valence-corrected chi connectivity index (χ2v) is 16.2. The average molecular weight is 790 g/mol. The number of rotatable bonds is 4. The van der Waals surface area contributed by atoms with E-state index >= 15 is 0 Å². The first-order chi connectivity index (χ1) is 30.7. The van der Waals surface area contributed by atoms with Crippen LogP contribution in [0.25, 0.3) is 88.7 Å². The summed E-state index contributed by atoms with van der Waals surface area (Å²) >= 11 is 0. The topological polar surface area (TPSA) is 47.9 Å². The van der Waals surface area contributed by atoms with Crippen LogP contribution in [0, 0.1) is 0 Å². The molecule has 0 saturated heterocycles. The highest BCUT2D eigenvalue weighted by atomic mass is 16.5. The molecule has 1 aliphatic heterocycles. The maximum absolute atomic E-state index is 6.63. The number of hydrogen-bond donors (Lipinski definition) is 0. The van der Waals surface area contributed by atoms with Crippen LogP contribution < -0.4 is 4.74 Å². The van der Waals surface area contributed by atoms with E-state index < -0.39 is 5.41 Å². The van der Waals surface area contributed by atoms with Gasteiger partial charge in [0.05, 0.1) is 27.8 Å². The summed E-state index contributed by atoms with van der Waals surface area (Å²) in [6.45, 7) is 0. The molecule has 4 heteroatoms. The molecule has 0 bridgehead atoms. The summed E-state index contributed by atoms with van der Waals surface area (Å²) in [7, 11) is 0. The molecule has 0 fully saturated rings. The van der Waals surface area contributed by atoms with E-state index in [4.69, 9.17) is 19.7 Å². The molecule has 1 spiro atoms. The summed E-state index contributed by atoms with van der Waals surface area (Å²) in [5.41, 5.74) is 15.9. The van der Waals surface area contributed by atoms with E-state index in [1.165, 1.54) is 27.6 Å². The lowest BCUT2D eigenvalue weighted by atomic mass is 9.66. The van der Waals surface area contributed by atoms with Crippen LogP contribution in [0.2, 0.25) is 0 Å². The molecule has 4 nitrogen and oxygen atoms in total. The van der Waals surface area contributed by atoms with Crippen LogP contribution in [-0.2, 0) is 5.41 Å². The van der Waals surface area contributed by atoms with Gasteiger partial charge in [0.1, 0.15) is 11.5 Å². The first kappa shape index (κ1) is 34.6. The fourth-order valence-electron chi connectivity index (χ4n) is 10.2. The maximum Gasteiger partial charge on any atom is 0.160 e. The minimum absolute atomic E-state index is 0.552. The molecule has 1 aliphatic carbocycles. The third-order valence-corrected chi connectivity index (χ3v) is 12.9. The number of nitrogens with zero attached hydrogens (tertiary/aromatic N) is 3. The highest BCUT2D eigenvalue weighted by Crippen LogP contribution is 2.62. The van der Waals surface area contributed by atoms with Crippen LogP contribution in [0.4, 0.5) is 0 Å². The summed E-state index contributed by atoms with van der Waals surface area (Å²) in [6, 6.07) is 75.5. The predicted octanol–water partition coefficient (Wildman–Crippen LogP) is 14.5. The Morgan fingerprint density at radius 1 is 0.306 bits per heavy atom. The zero-order chi connectivity index (χ0) is 40.8. The number of para-hydroxylation sites is 4. The summed E-state index contributed by atoms with van der Waals surface area (Å²) in [6.07, 6.45) is 0. The summed E-state index contributed by atoms with van der Waals surface area (Å²) in [4.78, 5) is 15.5. The highest BCUT2D eigenvalue weighted by molar-refractivity contribution is 6.13. The standard InChI is InChI=1S/C58H35N3O/c1-2-15-38(16-3-1)57-60-52-26-11-6-21-43(52)55(61-57)37-31-29-36(30-32-37)39-17-14-18-40(33-39)56-46-34-45-41-19-4-7-22-47(41)58(50(45)35-44(46)42-20-5-10-25-51(42)59-56)48-23-8-12-27-53(48)62-54-28-13-9-24-49(54)58/h1-35H. The van der Waals surface area contributed by atoms with Gasteiger partial charge in [-0.05, 0) is 81.2 Å². The lowest BCUT2D eigenvalue weighted by Crippen LogP contribution is -2.32. The number of aromatic nitrogens is 3. The van der Waals surface area contributed by atoms with Crippen molar-refractivity contribution < 1.29 is 4.74 Å².